The van der Waals surface area contributed by atoms with Gasteiger partial charge in [-0.2, -0.15) is 0 Å². The van der Waals surface area contributed by atoms with Crippen LogP contribution in [0.15, 0.2) is 0 Å². The maximum absolute atomic E-state index is 0. The van der Waals surface area contributed by atoms with Gasteiger partial charge in [-0.15, -0.1) is 84.9 Å². The van der Waals surface area contributed by atoms with Crippen LogP contribution in [0.3, 0.4) is 0 Å². The summed E-state index contributed by atoms with van der Waals surface area (Å²) in [4.78, 5) is 0. The average Bonchev–Trinajstić information content (AvgIpc) is 0. The fourth-order valence-corrected chi connectivity index (χ4v) is 0. The van der Waals surface area contributed by atoms with Crippen LogP contribution in [0.4, 0.5) is 0 Å². The van der Waals surface area contributed by atoms with Crippen molar-refractivity contribution in [2.45, 2.75) is 0 Å². The van der Waals surface area contributed by atoms with E-state index in [0.717, 1.165) is 0 Å². The van der Waals surface area contributed by atoms with Crippen molar-refractivity contribution in [3.63, 3.8) is 0 Å². The van der Waals surface area contributed by atoms with Crippen molar-refractivity contribution in [3.8, 4) is 0 Å². The third kappa shape index (κ3) is 27.5. The summed E-state index contributed by atoms with van der Waals surface area (Å²) in [5.74, 6) is 0. The summed E-state index contributed by atoms with van der Waals surface area (Å²) >= 11 is 0. The van der Waals surface area contributed by atoms with Crippen molar-refractivity contribution in [1.29, 1.82) is 0 Å². The second-order valence-electron chi connectivity index (χ2n) is 0. The molecule has 0 bridgehead atoms. The van der Waals surface area contributed by atoms with E-state index < -0.39 is 0 Å². The van der Waals surface area contributed by atoms with Crippen LogP contribution in [-0.4, -0.2) is 0 Å². The molecule has 0 nitrogen and oxygen atoms in total. The Bertz CT molecular complexity index is 3.90. The Morgan fingerprint density at radius 1 is 0.333 bits per heavy atom. The number of halogens is 5. The molecule has 0 aromatic heterocycles. The first kappa shape index (κ1) is 62.3. The van der Waals surface area contributed by atoms with Crippen molar-refractivity contribution in [3.05, 3.63) is 0 Å². The molecule has 0 aliphatic carbocycles. The average molecular weight is 588 g/mol. The molecule has 0 radical (unpaired) electrons. The molecule has 0 heterocycles. The van der Waals surface area contributed by atoms with Crippen molar-refractivity contribution >= 4 is 84.9 Å². The Balaban J connectivity index is 0. The molecule has 0 rings (SSSR count). The summed E-state index contributed by atoms with van der Waals surface area (Å²) in [5, 5.41) is 0. The van der Waals surface area contributed by atoms with Crippen LogP contribution < -0.4 is 0 Å². The van der Waals surface area contributed by atoms with Gasteiger partial charge in [0.1, 0.15) is 0 Å². The van der Waals surface area contributed by atoms with Gasteiger partial charge in [0.15, 0.2) is 0 Å². The number of rotatable bonds is 0. The fraction of sp³-hybridized carbons (Fsp3) is 0. The number of hydrogen-bond donors (Lipinski definition) is 0. The minimum Gasteiger partial charge on any atom is -0.114 e. The van der Waals surface area contributed by atoms with Gasteiger partial charge in [-0.3, -0.25) is 0 Å². The van der Waals surface area contributed by atoms with Crippen molar-refractivity contribution in [2.24, 2.45) is 0 Å². The van der Waals surface area contributed by atoms with Gasteiger partial charge in [-0.05, 0) is 0 Å². The largest absolute Gasteiger partial charge is 0.114 e. The molecule has 0 unspecified atom stereocenters. The maximum atomic E-state index is 0. The molecule has 0 atom stereocenters. The minimum absolute atomic E-state index is 0. The molecule has 0 aliphatic heterocycles. The first-order valence-electron chi connectivity index (χ1n) is 0. The van der Waals surface area contributed by atoms with E-state index in [4.69, 9.17) is 0 Å². The summed E-state index contributed by atoms with van der Waals surface area (Å²) in [6.07, 6.45) is 0. The molecule has 0 saturated carbocycles. The Morgan fingerprint density at radius 2 is 0.333 bits per heavy atom. The number of hydrogen-bond acceptors (Lipinski definition) is 0. The molecule has 0 spiro atoms. The van der Waals surface area contributed by atoms with E-state index in [0.29, 0.717) is 0 Å². The molecule has 0 aliphatic rings. The molecule has 6 heavy (non-hydrogen) atoms. The Hall–Kier alpha value is 3.09. The summed E-state index contributed by atoms with van der Waals surface area (Å²) < 4.78 is 0. The van der Waals surface area contributed by atoms with E-state index in [1.165, 1.54) is 0 Å². The van der Waals surface area contributed by atoms with Crippen molar-refractivity contribution < 1.29 is 21.1 Å². The molecule has 46 valence electrons. The Kier molecular flexibility index (Phi) is 443. The molecular weight excluding hydrogens is 583 g/mol. The van der Waals surface area contributed by atoms with Crippen molar-refractivity contribution in [2.75, 3.05) is 0 Å². The third-order valence-electron chi connectivity index (χ3n) is 0. The maximum Gasteiger partial charge on any atom is 0 e. The molecule has 0 fully saturated rings. The molecular formula is H5Br5W. The quantitative estimate of drug-likeness (QED) is 0.409. The zero-order valence-electron chi connectivity index (χ0n) is 2.45. The Labute approximate surface area is 104 Å². The van der Waals surface area contributed by atoms with E-state index >= 15 is 0 Å². The van der Waals surface area contributed by atoms with Crippen LogP contribution >= 0.6 is 84.9 Å². The zero-order chi connectivity index (χ0) is 0. The molecule has 0 aromatic carbocycles. The minimum atomic E-state index is 0. The van der Waals surface area contributed by atoms with E-state index in [-0.39, 0.29) is 106 Å². The third-order valence-corrected chi connectivity index (χ3v) is 0. The summed E-state index contributed by atoms with van der Waals surface area (Å²) in [6, 6.07) is 0. The van der Waals surface area contributed by atoms with E-state index in [9.17, 15) is 0 Å². The van der Waals surface area contributed by atoms with Crippen LogP contribution in [0.1, 0.15) is 0 Å². The monoisotopic (exact) mass is 584 g/mol. The first-order chi connectivity index (χ1) is 0. The van der Waals surface area contributed by atoms with Crippen LogP contribution in [0.2, 0.25) is 0 Å². The summed E-state index contributed by atoms with van der Waals surface area (Å²) in [6.45, 7) is 0. The van der Waals surface area contributed by atoms with Gasteiger partial charge in [0, 0.05) is 21.1 Å². The first-order valence-corrected chi connectivity index (χ1v) is 0. The SMILES string of the molecule is Br.Br.Br.Br.Br.[W]. The zero-order valence-corrected chi connectivity index (χ0v) is 13.9. The molecule has 0 N–H and O–H groups in total. The molecule has 0 aromatic rings. The van der Waals surface area contributed by atoms with Crippen LogP contribution in [0, 0.1) is 0 Å². The van der Waals surface area contributed by atoms with Gasteiger partial charge in [0.05, 0.1) is 0 Å². The molecule has 0 amide bonds. The second-order valence-corrected chi connectivity index (χ2v) is 0. The van der Waals surface area contributed by atoms with E-state index in [1.54, 1.807) is 0 Å². The van der Waals surface area contributed by atoms with Gasteiger partial charge < -0.3 is 0 Å². The smallest absolute Gasteiger partial charge is 0 e. The summed E-state index contributed by atoms with van der Waals surface area (Å²) in [7, 11) is 0. The van der Waals surface area contributed by atoms with Gasteiger partial charge in [-0.1, -0.05) is 0 Å². The molecule has 6 heteroatoms. The van der Waals surface area contributed by atoms with Gasteiger partial charge >= 0.3 is 0 Å². The standard InChI is InChI=1S/5BrH.W/h5*1H;. The van der Waals surface area contributed by atoms with Crippen LogP contribution in [-0.2, 0) is 21.1 Å². The summed E-state index contributed by atoms with van der Waals surface area (Å²) in [5.41, 5.74) is 0. The van der Waals surface area contributed by atoms with Crippen LogP contribution in [0.25, 0.3) is 0 Å². The van der Waals surface area contributed by atoms with E-state index in [2.05, 4.69) is 0 Å². The fourth-order valence-electron chi connectivity index (χ4n) is 0. The van der Waals surface area contributed by atoms with E-state index in [1.807, 2.05) is 0 Å². The predicted octanol–water partition coefficient (Wildman–Crippen LogP) is 2.89. The van der Waals surface area contributed by atoms with Crippen LogP contribution in [0.5, 0.6) is 0 Å². The Morgan fingerprint density at radius 3 is 0.333 bits per heavy atom. The topological polar surface area (TPSA) is 0 Å². The van der Waals surface area contributed by atoms with Gasteiger partial charge in [-0.25, -0.2) is 0 Å². The predicted molar refractivity (Wildman–Crippen MR) is 51.6 cm³/mol. The van der Waals surface area contributed by atoms with Gasteiger partial charge in [0.25, 0.3) is 0 Å². The van der Waals surface area contributed by atoms with Gasteiger partial charge in [0.2, 0.25) is 0 Å². The second kappa shape index (κ2) is 42.6. The molecule has 0 saturated heterocycles. The normalized spacial score (nSPS) is 0. The van der Waals surface area contributed by atoms with Crippen molar-refractivity contribution in [1.82, 2.24) is 0 Å².